The van der Waals surface area contributed by atoms with E-state index >= 15 is 0 Å². The van der Waals surface area contributed by atoms with Gasteiger partial charge in [-0.1, -0.05) is 64.7 Å². The minimum Gasteiger partial charge on any atom is -0.494 e. The molecule has 1 heterocycles. The molecule has 2 aromatic rings. The third-order valence-electron chi connectivity index (χ3n) is 5.46. The molecule has 1 aromatic carbocycles. The number of hydrogen-bond acceptors (Lipinski definition) is 4. The molecule has 0 fully saturated rings. The van der Waals surface area contributed by atoms with E-state index < -0.39 is 0 Å². The van der Waals surface area contributed by atoms with Crippen molar-refractivity contribution in [1.82, 2.24) is 9.97 Å². The van der Waals surface area contributed by atoms with Crippen molar-refractivity contribution in [3.63, 3.8) is 0 Å². The number of aryl methyl sites for hydroxylation is 1. The van der Waals surface area contributed by atoms with Crippen molar-refractivity contribution in [2.75, 3.05) is 13.2 Å². The Hall–Kier alpha value is -1.94. The lowest BCUT2D eigenvalue weighted by atomic mass is 10.1. The van der Waals surface area contributed by atoms with Crippen molar-refractivity contribution in [2.45, 2.75) is 90.4 Å². The van der Waals surface area contributed by atoms with Gasteiger partial charge in [-0.2, -0.15) is 0 Å². The Labute approximate surface area is 183 Å². The van der Waals surface area contributed by atoms with Crippen LogP contribution in [0.5, 0.6) is 5.75 Å². The second-order valence-electron chi connectivity index (χ2n) is 8.15. The summed E-state index contributed by atoms with van der Waals surface area (Å²) in [4.78, 5) is 9.11. The van der Waals surface area contributed by atoms with Gasteiger partial charge < -0.3 is 9.84 Å². The topological polar surface area (TPSA) is 55.2 Å². The first kappa shape index (κ1) is 24.3. The van der Waals surface area contributed by atoms with Crippen molar-refractivity contribution in [2.24, 2.45) is 0 Å². The summed E-state index contributed by atoms with van der Waals surface area (Å²) in [5, 5.41) is 8.77. The molecule has 4 nitrogen and oxygen atoms in total. The molecule has 1 aromatic heterocycles. The third-order valence-corrected chi connectivity index (χ3v) is 5.46. The molecule has 0 saturated carbocycles. The van der Waals surface area contributed by atoms with Gasteiger partial charge in [0, 0.05) is 24.6 Å². The second-order valence-corrected chi connectivity index (χ2v) is 8.15. The van der Waals surface area contributed by atoms with E-state index in [1.807, 2.05) is 36.7 Å². The molecule has 0 spiro atoms. The number of aliphatic hydroxyl groups is 1. The molecule has 4 heteroatoms. The molecule has 0 amide bonds. The van der Waals surface area contributed by atoms with Crippen molar-refractivity contribution in [1.29, 1.82) is 0 Å². The van der Waals surface area contributed by atoms with Gasteiger partial charge in [0.15, 0.2) is 5.82 Å². The van der Waals surface area contributed by atoms with Crippen molar-refractivity contribution in [3.05, 3.63) is 42.2 Å². The summed E-state index contributed by atoms with van der Waals surface area (Å²) in [6.07, 6.45) is 19.6. The largest absolute Gasteiger partial charge is 0.494 e. The predicted octanol–water partition coefficient (Wildman–Crippen LogP) is 6.76. The van der Waals surface area contributed by atoms with Gasteiger partial charge >= 0.3 is 0 Å². The summed E-state index contributed by atoms with van der Waals surface area (Å²) >= 11 is 0. The summed E-state index contributed by atoms with van der Waals surface area (Å²) in [6, 6.07) is 8.08. The van der Waals surface area contributed by atoms with Crippen LogP contribution in [0.3, 0.4) is 0 Å². The summed E-state index contributed by atoms with van der Waals surface area (Å²) in [6.45, 7) is 3.32. The highest BCUT2D eigenvalue weighted by Gasteiger charge is 2.03. The van der Waals surface area contributed by atoms with Gasteiger partial charge in [0.25, 0.3) is 0 Å². The lowest BCUT2D eigenvalue weighted by Crippen LogP contribution is -1.97. The maximum Gasteiger partial charge on any atom is 0.159 e. The van der Waals surface area contributed by atoms with Gasteiger partial charge in [0.2, 0.25) is 0 Å². The Morgan fingerprint density at radius 1 is 0.733 bits per heavy atom. The predicted molar refractivity (Wildman–Crippen MR) is 125 cm³/mol. The number of aliphatic hydroxyl groups excluding tert-OH is 1. The molecule has 0 aliphatic carbocycles. The van der Waals surface area contributed by atoms with E-state index in [9.17, 15) is 0 Å². The van der Waals surface area contributed by atoms with E-state index in [0.29, 0.717) is 6.61 Å². The zero-order valence-electron chi connectivity index (χ0n) is 18.8. The van der Waals surface area contributed by atoms with Gasteiger partial charge in [0.05, 0.1) is 6.61 Å². The van der Waals surface area contributed by atoms with Crippen LogP contribution in [0.4, 0.5) is 0 Å². The summed E-state index contributed by atoms with van der Waals surface area (Å²) < 4.78 is 5.84. The Morgan fingerprint density at radius 2 is 1.33 bits per heavy atom. The fourth-order valence-corrected chi connectivity index (χ4v) is 3.55. The van der Waals surface area contributed by atoms with Crippen molar-refractivity contribution < 1.29 is 9.84 Å². The molecule has 0 bridgehead atoms. The van der Waals surface area contributed by atoms with E-state index in [4.69, 9.17) is 9.84 Å². The zero-order valence-corrected chi connectivity index (χ0v) is 18.8. The molecular formula is C26H40N2O2. The summed E-state index contributed by atoms with van der Waals surface area (Å²) in [5.74, 6) is 1.68. The van der Waals surface area contributed by atoms with Gasteiger partial charge in [-0.3, -0.25) is 0 Å². The first-order valence-corrected chi connectivity index (χ1v) is 12.0. The van der Waals surface area contributed by atoms with Crippen molar-refractivity contribution in [3.8, 4) is 17.1 Å². The molecule has 0 aliphatic rings. The van der Waals surface area contributed by atoms with Crippen LogP contribution in [0, 0.1) is 0 Å². The SMILES string of the molecule is CCCCCCCCc1cnc(-c2ccc(OCCCCCCCCO)cc2)nc1. The number of rotatable bonds is 17. The molecule has 2 rings (SSSR count). The number of hydrogen-bond donors (Lipinski definition) is 1. The monoisotopic (exact) mass is 412 g/mol. The van der Waals surface area contributed by atoms with E-state index in [-0.39, 0.29) is 0 Å². The number of ether oxygens (including phenoxy) is 1. The average molecular weight is 413 g/mol. The summed E-state index contributed by atoms with van der Waals surface area (Å²) in [7, 11) is 0. The van der Waals surface area contributed by atoms with Crippen molar-refractivity contribution >= 4 is 0 Å². The molecule has 166 valence electrons. The lowest BCUT2D eigenvalue weighted by Gasteiger charge is -2.07. The van der Waals surface area contributed by atoms with Crippen LogP contribution in [-0.4, -0.2) is 28.3 Å². The first-order chi connectivity index (χ1) is 14.8. The fraction of sp³-hybridized carbons (Fsp3) is 0.615. The van der Waals surface area contributed by atoms with Crippen LogP contribution >= 0.6 is 0 Å². The molecule has 0 aliphatic heterocycles. The third kappa shape index (κ3) is 10.2. The molecule has 1 N–H and O–H groups in total. The average Bonchev–Trinajstić information content (AvgIpc) is 2.79. The number of unbranched alkanes of at least 4 members (excludes halogenated alkanes) is 10. The Morgan fingerprint density at radius 3 is 2.00 bits per heavy atom. The molecule has 0 unspecified atom stereocenters. The van der Waals surface area contributed by atoms with Crippen LogP contribution in [-0.2, 0) is 6.42 Å². The van der Waals surface area contributed by atoms with E-state index in [1.165, 1.54) is 63.4 Å². The zero-order chi connectivity index (χ0) is 21.3. The molecule has 30 heavy (non-hydrogen) atoms. The molecule has 0 radical (unpaired) electrons. The Kier molecular flexibility index (Phi) is 12.8. The highest BCUT2D eigenvalue weighted by Crippen LogP contribution is 2.20. The maximum atomic E-state index is 8.77. The molecular weight excluding hydrogens is 372 g/mol. The maximum absolute atomic E-state index is 8.77. The van der Waals surface area contributed by atoms with Gasteiger partial charge in [0.1, 0.15) is 5.75 Å². The Bertz CT molecular complexity index is 656. The van der Waals surface area contributed by atoms with Crippen LogP contribution < -0.4 is 4.74 Å². The minimum absolute atomic E-state index is 0.313. The van der Waals surface area contributed by atoms with Crippen LogP contribution in [0.2, 0.25) is 0 Å². The van der Waals surface area contributed by atoms with Gasteiger partial charge in [-0.05, 0) is 55.5 Å². The number of benzene rings is 1. The normalized spacial score (nSPS) is 11.0. The highest BCUT2D eigenvalue weighted by molar-refractivity contribution is 5.55. The minimum atomic E-state index is 0.313. The first-order valence-electron chi connectivity index (χ1n) is 12.0. The van der Waals surface area contributed by atoms with Crippen LogP contribution in [0.1, 0.15) is 89.5 Å². The summed E-state index contributed by atoms with van der Waals surface area (Å²) in [5.41, 5.74) is 2.25. The van der Waals surface area contributed by atoms with E-state index in [1.54, 1.807) is 0 Å². The highest BCUT2D eigenvalue weighted by atomic mass is 16.5. The van der Waals surface area contributed by atoms with E-state index in [2.05, 4.69) is 16.9 Å². The lowest BCUT2D eigenvalue weighted by molar-refractivity contribution is 0.280. The number of aromatic nitrogens is 2. The van der Waals surface area contributed by atoms with Gasteiger partial charge in [-0.15, -0.1) is 0 Å². The number of nitrogens with zero attached hydrogens (tertiary/aromatic N) is 2. The van der Waals surface area contributed by atoms with Gasteiger partial charge in [-0.25, -0.2) is 9.97 Å². The van der Waals surface area contributed by atoms with E-state index in [0.717, 1.165) is 49.4 Å². The standard InChI is InChI=1S/C26H40N2O2/c1-2-3-4-5-8-11-14-23-21-27-26(28-22-23)24-15-17-25(18-16-24)30-20-13-10-7-6-9-12-19-29/h15-18,21-22,29H,2-14,19-20H2,1H3. The quantitative estimate of drug-likeness (QED) is 0.292. The Balaban J connectivity index is 1.65. The molecule has 0 saturated heterocycles. The molecule has 0 atom stereocenters. The van der Waals surface area contributed by atoms with Crippen LogP contribution in [0.15, 0.2) is 36.7 Å². The second kappa shape index (κ2) is 15.8. The fourth-order valence-electron chi connectivity index (χ4n) is 3.55. The van der Waals surface area contributed by atoms with Crippen LogP contribution in [0.25, 0.3) is 11.4 Å². The smallest absolute Gasteiger partial charge is 0.159 e.